The van der Waals surface area contributed by atoms with E-state index in [1.54, 1.807) is 43.3 Å². The zero-order valence-corrected chi connectivity index (χ0v) is 16.7. The van der Waals surface area contributed by atoms with E-state index in [1.807, 2.05) is 0 Å². The molecule has 2 aromatic carbocycles. The first-order valence-corrected chi connectivity index (χ1v) is 9.30. The summed E-state index contributed by atoms with van der Waals surface area (Å²) in [5.74, 6) is -0.171. The third kappa shape index (κ3) is 4.26. The molecule has 1 saturated heterocycles. The Bertz CT molecular complexity index is 928. The number of aromatic hydroxyl groups is 1. The number of nitrogens with one attached hydrogen (secondary N) is 1. The number of rotatable bonds is 5. The lowest BCUT2D eigenvalue weighted by Crippen LogP contribution is -2.30. The summed E-state index contributed by atoms with van der Waals surface area (Å²) in [7, 11) is 0. The Balaban J connectivity index is 1.85. The number of carbonyl (C=O) groups is 2. The molecule has 0 radical (unpaired) electrons. The van der Waals surface area contributed by atoms with Crippen LogP contribution in [0.5, 0.6) is 11.5 Å². The molecule has 6 nitrogen and oxygen atoms in total. The second kappa shape index (κ2) is 8.02. The van der Waals surface area contributed by atoms with Crippen molar-refractivity contribution in [2.24, 2.45) is 0 Å². The quantitative estimate of drug-likeness (QED) is 0.525. The number of nitrogens with zero attached hydrogens (tertiary/aromatic N) is 1. The van der Waals surface area contributed by atoms with Crippen LogP contribution in [0.2, 0.25) is 5.02 Å². The molecule has 0 aromatic heterocycles. The van der Waals surface area contributed by atoms with E-state index in [2.05, 4.69) is 21.2 Å². The summed E-state index contributed by atoms with van der Waals surface area (Å²) >= 11 is 9.11. The highest BCUT2D eigenvalue weighted by Gasteiger charge is 2.33. The fourth-order valence-electron chi connectivity index (χ4n) is 2.60. The van der Waals surface area contributed by atoms with Crippen LogP contribution in [0, 0.1) is 0 Å². The lowest BCUT2D eigenvalue weighted by atomic mass is 10.1. The highest BCUT2D eigenvalue weighted by atomic mass is 79.9. The summed E-state index contributed by atoms with van der Waals surface area (Å²) in [5, 5.41) is 13.1. The minimum Gasteiger partial charge on any atom is -0.503 e. The average molecular weight is 452 g/mol. The van der Waals surface area contributed by atoms with Gasteiger partial charge in [0.15, 0.2) is 11.5 Å². The fraction of sp³-hybridized carbons (Fsp3) is 0.158. The molecule has 0 unspecified atom stereocenters. The molecular weight excluding hydrogens is 436 g/mol. The van der Waals surface area contributed by atoms with Crippen molar-refractivity contribution in [3.05, 3.63) is 62.7 Å². The predicted molar refractivity (Wildman–Crippen MR) is 105 cm³/mol. The maximum atomic E-state index is 12.6. The van der Waals surface area contributed by atoms with E-state index >= 15 is 0 Å². The first-order chi connectivity index (χ1) is 12.9. The minimum absolute atomic E-state index is 0.0230. The molecule has 0 bridgehead atoms. The molecule has 1 fully saturated rings. The first kappa shape index (κ1) is 19.3. The molecular formula is C19H16BrClN2O4. The van der Waals surface area contributed by atoms with Crippen LogP contribution in [0.15, 0.2) is 46.6 Å². The number of urea groups is 1. The Hall–Kier alpha value is -2.51. The Morgan fingerprint density at radius 1 is 1.26 bits per heavy atom. The first-order valence-electron chi connectivity index (χ1n) is 8.13. The summed E-state index contributed by atoms with van der Waals surface area (Å²) < 4.78 is 5.80. The Kier molecular flexibility index (Phi) is 5.72. The average Bonchev–Trinajstić information content (AvgIpc) is 2.88. The van der Waals surface area contributed by atoms with Gasteiger partial charge in [0.1, 0.15) is 5.70 Å². The highest BCUT2D eigenvalue weighted by molar-refractivity contribution is 9.10. The number of hydrogen-bond acceptors (Lipinski definition) is 4. The van der Waals surface area contributed by atoms with Crippen LogP contribution >= 0.6 is 27.5 Å². The molecule has 1 aliphatic heterocycles. The molecule has 3 amide bonds. The second-order valence-corrected chi connectivity index (χ2v) is 7.08. The molecule has 8 heteroatoms. The molecule has 27 heavy (non-hydrogen) atoms. The van der Waals surface area contributed by atoms with Gasteiger partial charge in [-0.3, -0.25) is 9.69 Å². The summed E-state index contributed by atoms with van der Waals surface area (Å²) in [6, 6.07) is 9.66. The molecule has 140 valence electrons. The Labute approximate surface area is 169 Å². The number of imide groups is 1. The van der Waals surface area contributed by atoms with Gasteiger partial charge in [0, 0.05) is 5.02 Å². The topological polar surface area (TPSA) is 78.9 Å². The number of amides is 3. The molecule has 3 rings (SSSR count). The van der Waals surface area contributed by atoms with Crippen LogP contribution in [0.3, 0.4) is 0 Å². The normalized spacial score (nSPS) is 15.4. The molecule has 2 aromatic rings. The molecule has 0 aliphatic carbocycles. The van der Waals surface area contributed by atoms with E-state index in [1.165, 1.54) is 6.08 Å². The molecule has 1 aliphatic rings. The largest absolute Gasteiger partial charge is 0.503 e. The summed E-state index contributed by atoms with van der Waals surface area (Å²) in [4.78, 5) is 25.9. The predicted octanol–water partition coefficient (Wildman–Crippen LogP) is 4.30. The third-order valence-corrected chi connectivity index (χ3v) is 4.73. The van der Waals surface area contributed by atoms with Crippen molar-refractivity contribution in [1.29, 1.82) is 0 Å². The maximum Gasteiger partial charge on any atom is 0.329 e. The number of halogens is 2. The minimum atomic E-state index is -0.496. The molecule has 2 N–H and O–H groups in total. The van der Waals surface area contributed by atoms with Gasteiger partial charge in [-0.25, -0.2) is 4.79 Å². The standard InChI is InChI=1S/C19H16BrClN2O4/c1-2-27-16-9-12(7-14(20)17(16)24)8-15-18(25)23(19(26)22-15)10-11-3-5-13(21)6-4-11/h3-9,24H,2,10H2,1H3,(H,22,26)/b15-8-. The van der Waals surface area contributed by atoms with Crippen molar-refractivity contribution in [3.8, 4) is 11.5 Å². The number of phenols is 1. The third-order valence-electron chi connectivity index (χ3n) is 3.88. The number of ether oxygens (including phenoxy) is 1. The van der Waals surface area contributed by atoms with Crippen LogP contribution in [0.4, 0.5) is 4.79 Å². The van der Waals surface area contributed by atoms with E-state index in [0.29, 0.717) is 21.7 Å². The lowest BCUT2D eigenvalue weighted by Gasteiger charge is -2.11. The van der Waals surface area contributed by atoms with Gasteiger partial charge in [-0.15, -0.1) is 0 Å². The van der Waals surface area contributed by atoms with E-state index in [0.717, 1.165) is 10.5 Å². The van der Waals surface area contributed by atoms with Gasteiger partial charge in [0.25, 0.3) is 5.91 Å². The van der Waals surface area contributed by atoms with Crippen molar-refractivity contribution >= 4 is 45.5 Å². The molecule has 0 saturated carbocycles. The van der Waals surface area contributed by atoms with Gasteiger partial charge in [-0.05, 0) is 64.3 Å². The van der Waals surface area contributed by atoms with E-state index in [9.17, 15) is 14.7 Å². The van der Waals surface area contributed by atoms with Crippen molar-refractivity contribution < 1.29 is 19.4 Å². The van der Waals surface area contributed by atoms with Crippen LogP contribution in [-0.4, -0.2) is 28.6 Å². The molecule has 1 heterocycles. The van der Waals surface area contributed by atoms with Crippen molar-refractivity contribution in [3.63, 3.8) is 0 Å². The lowest BCUT2D eigenvalue weighted by molar-refractivity contribution is -0.123. The zero-order valence-electron chi connectivity index (χ0n) is 14.3. The van der Waals surface area contributed by atoms with Gasteiger partial charge >= 0.3 is 6.03 Å². The molecule has 0 atom stereocenters. The Morgan fingerprint density at radius 3 is 2.63 bits per heavy atom. The van der Waals surface area contributed by atoms with Gasteiger partial charge in [-0.2, -0.15) is 0 Å². The number of hydrogen-bond donors (Lipinski definition) is 2. The van der Waals surface area contributed by atoms with Crippen LogP contribution in [0.1, 0.15) is 18.1 Å². The Morgan fingerprint density at radius 2 is 1.96 bits per heavy atom. The van der Waals surface area contributed by atoms with Gasteiger partial charge in [0.05, 0.1) is 17.6 Å². The van der Waals surface area contributed by atoms with Crippen molar-refractivity contribution in [2.75, 3.05) is 6.61 Å². The number of phenolic OH excluding ortho intramolecular Hbond substituents is 1. The smallest absolute Gasteiger partial charge is 0.329 e. The van der Waals surface area contributed by atoms with Gasteiger partial charge < -0.3 is 15.2 Å². The van der Waals surface area contributed by atoms with Crippen LogP contribution in [0.25, 0.3) is 6.08 Å². The zero-order chi connectivity index (χ0) is 19.6. The van der Waals surface area contributed by atoms with Crippen molar-refractivity contribution in [1.82, 2.24) is 10.2 Å². The molecule has 0 spiro atoms. The van der Waals surface area contributed by atoms with Crippen molar-refractivity contribution in [2.45, 2.75) is 13.5 Å². The van der Waals surface area contributed by atoms with E-state index in [-0.39, 0.29) is 23.7 Å². The second-order valence-electron chi connectivity index (χ2n) is 5.79. The van der Waals surface area contributed by atoms with E-state index < -0.39 is 11.9 Å². The highest BCUT2D eigenvalue weighted by Crippen LogP contribution is 2.36. The van der Waals surface area contributed by atoms with Gasteiger partial charge in [-0.1, -0.05) is 23.7 Å². The number of benzene rings is 2. The van der Waals surface area contributed by atoms with Gasteiger partial charge in [0.2, 0.25) is 0 Å². The maximum absolute atomic E-state index is 12.6. The number of carbonyl (C=O) groups excluding carboxylic acids is 2. The van der Waals surface area contributed by atoms with Crippen LogP contribution < -0.4 is 10.1 Å². The summed E-state index contributed by atoms with van der Waals surface area (Å²) in [6.45, 7) is 2.32. The monoisotopic (exact) mass is 450 g/mol. The summed E-state index contributed by atoms with van der Waals surface area (Å²) in [5.41, 5.74) is 1.53. The van der Waals surface area contributed by atoms with Crippen LogP contribution in [-0.2, 0) is 11.3 Å². The SMILES string of the molecule is CCOc1cc(/C=C2\NC(=O)N(Cc3ccc(Cl)cc3)C2=O)cc(Br)c1O. The summed E-state index contributed by atoms with van der Waals surface area (Å²) in [6.07, 6.45) is 1.54. The van der Waals surface area contributed by atoms with E-state index in [4.69, 9.17) is 16.3 Å². The fourth-order valence-corrected chi connectivity index (χ4v) is 3.18.